The molecule has 1 aromatic carbocycles. The zero-order chi connectivity index (χ0) is 14.8. The van der Waals surface area contributed by atoms with E-state index < -0.39 is 0 Å². The first-order valence-electron chi connectivity index (χ1n) is 7.03. The van der Waals surface area contributed by atoms with E-state index in [1.165, 1.54) is 11.1 Å². The molecule has 0 aliphatic rings. The van der Waals surface area contributed by atoms with Gasteiger partial charge in [0.25, 0.3) is 0 Å². The van der Waals surface area contributed by atoms with Gasteiger partial charge in [0.15, 0.2) is 0 Å². The second-order valence-electron chi connectivity index (χ2n) is 6.39. The highest BCUT2D eigenvalue weighted by molar-refractivity contribution is 7.09. The van der Waals surface area contributed by atoms with Gasteiger partial charge in [-0.25, -0.2) is 4.98 Å². The van der Waals surface area contributed by atoms with Gasteiger partial charge in [0, 0.05) is 17.5 Å². The molecule has 0 fully saturated rings. The van der Waals surface area contributed by atoms with Gasteiger partial charge < -0.3 is 5.11 Å². The van der Waals surface area contributed by atoms with Crippen LogP contribution in [0, 0.1) is 6.92 Å². The molecule has 0 radical (unpaired) electrons. The molecule has 1 unspecified atom stereocenters. The summed E-state index contributed by atoms with van der Waals surface area (Å²) >= 11 is 1.62. The Morgan fingerprint density at radius 2 is 1.80 bits per heavy atom. The molecule has 1 atom stereocenters. The fourth-order valence-electron chi connectivity index (χ4n) is 2.18. The van der Waals surface area contributed by atoms with Crippen molar-refractivity contribution in [1.82, 2.24) is 4.98 Å². The van der Waals surface area contributed by atoms with Gasteiger partial charge in [-0.3, -0.25) is 0 Å². The first-order valence-corrected chi connectivity index (χ1v) is 7.91. The molecule has 1 N–H and O–H groups in total. The van der Waals surface area contributed by atoms with Crippen LogP contribution in [0.4, 0.5) is 0 Å². The lowest BCUT2D eigenvalue weighted by Gasteiger charge is -2.19. The SMILES string of the molecule is Cc1csc(CC(O)Cc2ccc(C(C)(C)C)cc2)n1. The van der Waals surface area contributed by atoms with Crippen molar-refractivity contribution in [2.75, 3.05) is 0 Å². The first kappa shape index (κ1) is 15.2. The molecule has 20 heavy (non-hydrogen) atoms. The fraction of sp³-hybridized carbons (Fsp3) is 0.471. The Morgan fingerprint density at radius 3 is 2.30 bits per heavy atom. The molecule has 1 heterocycles. The number of hydrogen-bond acceptors (Lipinski definition) is 3. The Morgan fingerprint density at radius 1 is 1.15 bits per heavy atom. The van der Waals surface area contributed by atoms with Crippen LogP contribution in [0.5, 0.6) is 0 Å². The molecule has 108 valence electrons. The molecule has 0 saturated carbocycles. The van der Waals surface area contributed by atoms with Crippen molar-refractivity contribution in [2.45, 2.75) is 52.1 Å². The van der Waals surface area contributed by atoms with Crippen molar-refractivity contribution in [2.24, 2.45) is 0 Å². The number of aryl methyl sites for hydroxylation is 1. The minimum atomic E-state index is -0.360. The highest BCUT2D eigenvalue weighted by Crippen LogP contribution is 2.22. The lowest BCUT2D eigenvalue weighted by Crippen LogP contribution is -2.15. The third-order valence-corrected chi connectivity index (χ3v) is 4.36. The van der Waals surface area contributed by atoms with Gasteiger partial charge in [0.2, 0.25) is 0 Å². The van der Waals surface area contributed by atoms with Gasteiger partial charge >= 0.3 is 0 Å². The van der Waals surface area contributed by atoms with Crippen molar-refractivity contribution < 1.29 is 5.11 Å². The Labute approximate surface area is 125 Å². The number of nitrogens with zero attached hydrogens (tertiary/aromatic N) is 1. The minimum Gasteiger partial charge on any atom is -0.392 e. The number of benzene rings is 1. The third kappa shape index (κ3) is 4.15. The lowest BCUT2D eigenvalue weighted by atomic mass is 9.86. The monoisotopic (exact) mass is 289 g/mol. The largest absolute Gasteiger partial charge is 0.392 e. The Balaban J connectivity index is 1.96. The van der Waals surface area contributed by atoms with Crippen LogP contribution >= 0.6 is 11.3 Å². The van der Waals surface area contributed by atoms with Crippen molar-refractivity contribution >= 4 is 11.3 Å². The average molecular weight is 289 g/mol. The fourth-order valence-corrected chi connectivity index (χ4v) is 3.03. The molecule has 2 aromatic rings. The minimum absolute atomic E-state index is 0.176. The summed E-state index contributed by atoms with van der Waals surface area (Å²) in [5, 5.41) is 13.2. The second kappa shape index (κ2) is 6.06. The molecular formula is C17H23NOS. The van der Waals surface area contributed by atoms with Crippen LogP contribution in [0.2, 0.25) is 0 Å². The van der Waals surface area contributed by atoms with E-state index in [0.717, 1.165) is 10.7 Å². The Bertz CT molecular complexity index is 551. The zero-order valence-electron chi connectivity index (χ0n) is 12.7. The van der Waals surface area contributed by atoms with E-state index in [9.17, 15) is 5.11 Å². The number of thiazole rings is 1. The number of aliphatic hydroxyl groups excluding tert-OH is 1. The van der Waals surface area contributed by atoms with E-state index in [2.05, 4.69) is 50.0 Å². The third-order valence-electron chi connectivity index (χ3n) is 3.37. The van der Waals surface area contributed by atoms with Gasteiger partial charge in [-0.2, -0.15) is 0 Å². The molecule has 0 bridgehead atoms. The average Bonchev–Trinajstić information content (AvgIpc) is 2.74. The van der Waals surface area contributed by atoms with Crippen LogP contribution in [0.25, 0.3) is 0 Å². The molecular weight excluding hydrogens is 266 g/mol. The van der Waals surface area contributed by atoms with E-state index in [0.29, 0.717) is 12.8 Å². The van der Waals surface area contributed by atoms with Gasteiger partial charge in [0.05, 0.1) is 11.1 Å². The number of aliphatic hydroxyl groups is 1. The first-order chi connectivity index (χ1) is 9.34. The Kier molecular flexibility index (Phi) is 4.61. The summed E-state index contributed by atoms with van der Waals surface area (Å²) in [6.07, 6.45) is 0.962. The molecule has 2 rings (SSSR count). The van der Waals surface area contributed by atoms with Gasteiger partial charge in [-0.15, -0.1) is 11.3 Å². The highest BCUT2D eigenvalue weighted by Gasteiger charge is 2.14. The smallest absolute Gasteiger partial charge is 0.0954 e. The zero-order valence-corrected chi connectivity index (χ0v) is 13.5. The van der Waals surface area contributed by atoms with E-state index >= 15 is 0 Å². The molecule has 3 heteroatoms. The van der Waals surface area contributed by atoms with E-state index in [1.54, 1.807) is 11.3 Å². The van der Waals surface area contributed by atoms with Crippen LogP contribution in [0.3, 0.4) is 0 Å². The van der Waals surface area contributed by atoms with Crippen molar-refractivity contribution in [1.29, 1.82) is 0 Å². The topological polar surface area (TPSA) is 33.1 Å². The summed E-state index contributed by atoms with van der Waals surface area (Å²) < 4.78 is 0. The summed E-state index contributed by atoms with van der Waals surface area (Å²) in [5.41, 5.74) is 3.71. The normalized spacial score (nSPS) is 13.4. The molecule has 2 nitrogen and oxygen atoms in total. The summed E-state index contributed by atoms with van der Waals surface area (Å²) in [7, 11) is 0. The number of hydrogen-bond donors (Lipinski definition) is 1. The standard InChI is InChI=1S/C17H23NOS/c1-12-11-20-16(18-12)10-15(19)9-13-5-7-14(8-6-13)17(2,3)4/h5-8,11,15,19H,9-10H2,1-4H3. The maximum absolute atomic E-state index is 10.2. The second-order valence-corrected chi connectivity index (χ2v) is 7.33. The molecule has 0 aliphatic heterocycles. The summed E-state index contributed by atoms with van der Waals surface area (Å²) in [4.78, 5) is 4.40. The maximum Gasteiger partial charge on any atom is 0.0954 e. The van der Waals surface area contributed by atoms with Crippen molar-refractivity contribution in [3.63, 3.8) is 0 Å². The number of aromatic nitrogens is 1. The quantitative estimate of drug-likeness (QED) is 0.926. The van der Waals surface area contributed by atoms with E-state index in [1.807, 2.05) is 12.3 Å². The molecule has 0 saturated heterocycles. The van der Waals surface area contributed by atoms with Gasteiger partial charge in [-0.1, -0.05) is 45.0 Å². The van der Waals surface area contributed by atoms with E-state index in [4.69, 9.17) is 0 Å². The lowest BCUT2D eigenvalue weighted by molar-refractivity contribution is 0.175. The summed E-state index contributed by atoms with van der Waals surface area (Å²) in [6.45, 7) is 8.61. The maximum atomic E-state index is 10.2. The molecule has 0 aliphatic carbocycles. The van der Waals surface area contributed by atoms with Crippen LogP contribution in [0.1, 0.15) is 42.6 Å². The molecule has 0 amide bonds. The van der Waals surface area contributed by atoms with E-state index in [-0.39, 0.29) is 11.5 Å². The number of rotatable bonds is 4. The van der Waals surface area contributed by atoms with Crippen molar-refractivity contribution in [3.05, 3.63) is 51.5 Å². The Hall–Kier alpha value is -1.19. The summed E-state index contributed by atoms with van der Waals surface area (Å²) in [5.74, 6) is 0. The molecule has 1 aromatic heterocycles. The van der Waals surface area contributed by atoms with Crippen LogP contribution in [0.15, 0.2) is 29.6 Å². The summed E-state index contributed by atoms with van der Waals surface area (Å²) in [6, 6.07) is 8.57. The predicted molar refractivity (Wildman–Crippen MR) is 85.4 cm³/mol. The van der Waals surface area contributed by atoms with Crippen LogP contribution < -0.4 is 0 Å². The predicted octanol–water partition coefficient (Wildman–Crippen LogP) is 3.90. The van der Waals surface area contributed by atoms with Crippen LogP contribution in [-0.4, -0.2) is 16.2 Å². The molecule has 0 spiro atoms. The van der Waals surface area contributed by atoms with Crippen molar-refractivity contribution in [3.8, 4) is 0 Å². The highest BCUT2D eigenvalue weighted by atomic mass is 32.1. The van der Waals surface area contributed by atoms with Crippen LogP contribution in [-0.2, 0) is 18.3 Å². The van der Waals surface area contributed by atoms with Gasteiger partial charge in [0.1, 0.15) is 0 Å². The van der Waals surface area contributed by atoms with Gasteiger partial charge in [-0.05, 0) is 29.9 Å².